The number of aromatic nitrogens is 1. The van der Waals surface area contributed by atoms with Gasteiger partial charge in [-0.25, -0.2) is 0 Å². The van der Waals surface area contributed by atoms with Gasteiger partial charge in [0.25, 0.3) is 0 Å². The molecule has 1 aromatic rings. The molecule has 17 heavy (non-hydrogen) atoms. The molecule has 1 aliphatic rings. The molecule has 0 bridgehead atoms. The van der Waals surface area contributed by atoms with Crippen LogP contribution in [0.15, 0.2) is 24.5 Å². The van der Waals surface area contributed by atoms with Crippen molar-refractivity contribution in [2.24, 2.45) is 11.3 Å². The minimum atomic E-state index is -0.309. The van der Waals surface area contributed by atoms with Crippen LogP contribution in [0, 0.1) is 11.3 Å². The van der Waals surface area contributed by atoms with Crippen LogP contribution in [0.3, 0.4) is 0 Å². The maximum atomic E-state index is 12.5. The van der Waals surface area contributed by atoms with Crippen LogP contribution in [-0.2, 0) is 0 Å². The van der Waals surface area contributed by atoms with Gasteiger partial charge in [-0.1, -0.05) is 13.8 Å². The SMILES string of the molecule is CC(C)(C(=O)c1cccnc1)C1CCCNC1. The van der Waals surface area contributed by atoms with Crippen molar-refractivity contribution in [3.8, 4) is 0 Å². The number of nitrogens with zero attached hydrogens (tertiary/aromatic N) is 1. The molecule has 0 saturated carbocycles. The lowest BCUT2D eigenvalue weighted by Crippen LogP contribution is -2.42. The number of carbonyl (C=O) groups excluding carboxylic acids is 1. The number of carbonyl (C=O) groups is 1. The highest BCUT2D eigenvalue weighted by Crippen LogP contribution is 2.34. The molecular weight excluding hydrogens is 212 g/mol. The van der Waals surface area contributed by atoms with Crippen LogP contribution in [0.4, 0.5) is 0 Å². The van der Waals surface area contributed by atoms with Crippen molar-refractivity contribution in [2.45, 2.75) is 26.7 Å². The van der Waals surface area contributed by atoms with Crippen LogP contribution in [0.2, 0.25) is 0 Å². The number of Topliss-reactive ketones (excluding diaryl/α,β-unsaturated/α-hetero) is 1. The first-order valence-corrected chi connectivity index (χ1v) is 6.28. The predicted octanol–water partition coefficient (Wildman–Crippen LogP) is 2.29. The Balaban J connectivity index is 2.17. The highest BCUT2D eigenvalue weighted by molar-refractivity contribution is 6.00. The molecule has 1 aliphatic heterocycles. The third kappa shape index (κ3) is 2.55. The number of nitrogens with one attached hydrogen (secondary N) is 1. The summed E-state index contributed by atoms with van der Waals surface area (Å²) in [5.41, 5.74) is 0.416. The van der Waals surface area contributed by atoms with Gasteiger partial charge in [0.2, 0.25) is 0 Å². The van der Waals surface area contributed by atoms with Gasteiger partial charge in [0.1, 0.15) is 0 Å². The third-order valence-electron chi connectivity index (χ3n) is 3.83. The minimum absolute atomic E-state index is 0.208. The lowest BCUT2D eigenvalue weighted by molar-refractivity contribution is 0.0708. The van der Waals surface area contributed by atoms with Crippen molar-refractivity contribution in [3.05, 3.63) is 30.1 Å². The molecule has 0 spiro atoms. The molecule has 1 atom stereocenters. The van der Waals surface area contributed by atoms with Crippen LogP contribution >= 0.6 is 0 Å². The summed E-state index contributed by atoms with van der Waals surface area (Å²) in [5.74, 6) is 0.628. The first-order valence-electron chi connectivity index (χ1n) is 6.28. The van der Waals surface area contributed by atoms with Gasteiger partial charge in [0, 0.05) is 23.4 Å². The zero-order valence-electron chi connectivity index (χ0n) is 10.6. The quantitative estimate of drug-likeness (QED) is 0.813. The molecule has 3 heteroatoms. The van der Waals surface area contributed by atoms with Gasteiger partial charge in [-0.3, -0.25) is 9.78 Å². The molecule has 92 valence electrons. The van der Waals surface area contributed by atoms with E-state index < -0.39 is 0 Å². The van der Waals surface area contributed by atoms with Crippen molar-refractivity contribution in [1.29, 1.82) is 0 Å². The zero-order valence-corrected chi connectivity index (χ0v) is 10.6. The average molecular weight is 232 g/mol. The second kappa shape index (κ2) is 4.96. The highest BCUT2D eigenvalue weighted by atomic mass is 16.1. The monoisotopic (exact) mass is 232 g/mol. The molecule has 2 rings (SSSR count). The normalized spacial score (nSPS) is 21.2. The second-order valence-electron chi connectivity index (χ2n) is 5.34. The Morgan fingerprint density at radius 2 is 2.35 bits per heavy atom. The van der Waals surface area contributed by atoms with Gasteiger partial charge >= 0.3 is 0 Å². The largest absolute Gasteiger partial charge is 0.316 e. The van der Waals surface area contributed by atoms with Gasteiger partial charge in [0.15, 0.2) is 5.78 Å². The van der Waals surface area contributed by atoms with Gasteiger partial charge in [-0.15, -0.1) is 0 Å². The van der Waals surface area contributed by atoms with E-state index in [0.717, 1.165) is 31.5 Å². The van der Waals surface area contributed by atoms with Crippen molar-refractivity contribution in [3.63, 3.8) is 0 Å². The summed E-state index contributed by atoms with van der Waals surface area (Å²) >= 11 is 0. The zero-order chi connectivity index (χ0) is 12.3. The third-order valence-corrected chi connectivity index (χ3v) is 3.83. The molecule has 1 unspecified atom stereocenters. The summed E-state index contributed by atoms with van der Waals surface area (Å²) < 4.78 is 0. The van der Waals surface area contributed by atoms with E-state index in [-0.39, 0.29) is 11.2 Å². The van der Waals surface area contributed by atoms with Gasteiger partial charge in [-0.2, -0.15) is 0 Å². The maximum absolute atomic E-state index is 12.5. The number of rotatable bonds is 3. The molecule has 0 aliphatic carbocycles. The number of ketones is 1. The van der Waals surface area contributed by atoms with E-state index in [2.05, 4.69) is 24.1 Å². The van der Waals surface area contributed by atoms with E-state index in [9.17, 15) is 4.79 Å². The molecule has 1 aromatic heterocycles. The molecule has 2 heterocycles. The second-order valence-corrected chi connectivity index (χ2v) is 5.34. The molecule has 1 saturated heterocycles. The molecule has 1 N–H and O–H groups in total. The Hall–Kier alpha value is -1.22. The smallest absolute Gasteiger partial charge is 0.170 e. The van der Waals surface area contributed by atoms with E-state index in [1.54, 1.807) is 12.4 Å². The summed E-state index contributed by atoms with van der Waals surface area (Å²) in [4.78, 5) is 16.5. The van der Waals surface area contributed by atoms with Crippen LogP contribution in [0.25, 0.3) is 0 Å². The maximum Gasteiger partial charge on any atom is 0.170 e. The fraction of sp³-hybridized carbons (Fsp3) is 0.571. The molecule has 0 amide bonds. The molecule has 0 aromatic carbocycles. The Kier molecular flexibility index (Phi) is 3.57. The Labute approximate surface area is 103 Å². The highest BCUT2D eigenvalue weighted by Gasteiger charge is 2.37. The van der Waals surface area contributed by atoms with Crippen LogP contribution in [0.1, 0.15) is 37.0 Å². The number of hydrogen-bond acceptors (Lipinski definition) is 3. The lowest BCUT2D eigenvalue weighted by atomic mass is 9.71. The van der Waals surface area contributed by atoms with E-state index >= 15 is 0 Å². The predicted molar refractivity (Wildman–Crippen MR) is 67.9 cm³/mol. The van der Waals surface area contributed by atoms with Gasteiger partial charge < -0.3 is 5.32 Å². The number of piperidine rings is 1. The Morgan fingerprint density at radius 3 is 2.94 bits per heavy atom. The van der Waals surface area contributed by atoms with Crippen molar-refractivity contribution >= 4 is 5.78 Å². The van der Waals surface area contributed by atoms with E-state index in [0.29, 0.717) is 5.92 Å². The van der Waals surface area contributed by atoms with Crippen molar-refractivity contribution in [2.75, 3.05) is 13.1 Å². The van der Waals surface area contributed by atoms with Crippen LogP contribution in [-0.4, -0.2) is 23.9 Å². The molecule has 1 fully saturated rings. The van der Waals surface area contributed by atoms with E-state index in [1.165, 1.54) is 0 Å². The molecule has 0 radical (unpaired) electrons. The van der Waals surface area contributed by atoms with E-state index in [4.69, 9.17) is 0 Å². The first-order chi connectivity index (χ1) is 8.12. The minimum Gasteiger partial charge on any atom is -0.316 e. The Bertz CT molecular complexity index is 380. The van der Waals surface area contributed by atoms with Crippen molar-refractivity contribution < 1.29 is 4.79 Å². The lowest BCUT2D eigenvalue weighted by Gasteiger charge is -2.36. The van der Waals surface area contributed by atoms with Crippen LogP contribution < -0.4 is 5.32 Å². The average Bonchev–Trinajstić information content (AvgIpc) is 2.40. The summed E-state index contributed by atoms with van der Waals surface area (Å²) in [6.07, 6.45) is 5.66. The fourth-order valence-corrected chi connectivity index (χ4v) is 2.52. The standard InChI is InChI=1S/C14H20N2O/c1-14(2,12-6-4-8-16-10-12)13(17)11-5-3-7-15-9-11/h3,5,7,9,12,16H,4,6,8,10H2,1-2H3. The van der Waals surface area contributed by atoms with Crippen molar-refractivity contribution in [1.82, 2.24) is 10.3 Å². The molecular formula is C14H20N2O. The number of hydrogen-bond donors (Lipinski definition) is 1. The Morgan fingerprint density at radius 1 is 1.53 bits per heavy atom. The summed E-state index contributed by atoms with van der Waals surface area (Å²) in [7, 11) is 0. The molecule has 3 nitrogen and oxygen atoms in total. The summed E-state index contributed by atoms with van der Waals surface area (Å²) in [6.45, 7) is 6.13. The topological polar surface area (TPSA) is 42.0 Å². The van der Waals surface area contributed by atoms with Gasteiger partial charge in [0.05, 0.1) is 0 Å². The first kappa shape index (κ1) is 12.2. The summed E-state index contributed by atoms with van der Waals surface area (Å²) in [5, 5.41) is 3.38. The van der Waals surface area contributed by atoms with Crippen LogP contribution in [0.5, 0.6) is 0 Å². The summed E-state index contributed by atoms with van der Waals surface area (Å²) in [6, 6.07) is 3.68. The number of pyridine rings is 1. The van der Waals surface area contributed by atoms with Gasteiger partial charge in [-0.05, 0) is 44.0 Å². The van der Waals surface area contributed by atoms with E-state index in [1.807, 2.05) is 12.1 Å². The fourth-order valence-electron chi connectivity index (χ4n) is 2.52.